The molecule has 154 valence electrons. The first kappa shape index (κ1) is 20.9. The molecule has 0 spiro atoms. The van der Waals surface area contributed by atoms with Crippen LogP contribution in [-0.4, -0.2) is 29.7 Å². The van der Waals surface area contributed by atoms with Gasteiger partial charge in [0, 0.05) is 28.3 Å². The summed E-state index contributed by atoms with van der Waals surface area (Å²) in [5, 5.41) is 6.45. The molecule has 0 aliphatic rings. The SMILES string of the molecule is COc1ccc(NC(=O)C(=O)N/N=C\c2cc(C)n(-c3ccccc3C)c2C)cc1. The standard InChI is InChI=1S/C23H24N4O3/c1-15-7-5-6-8-21(15)27-16(2)13-18(17(27)3)14-24-26-23(29)22(28)25-19-9-11-20(30-4)12-10-19/h5-14H,1-4H3,(H,25,28)(H,26,29)/b24-14-. The van der Waals surface area contributed by atoms with Crippen molar-refractivity contribution >= 4 is 23.7 Å². The Bertz CT molecular complexity index is 1100. The second-order valence-electron chi connectivity index (χ2n) is 6.83. The molecule has 0 bridgehead atoms. The molecule has 2 amide bonds. The van der Waals surface area contributed by atoms with Gasteiger partial charge < -0.3 is 14.6 Å². The molecule has 0 atom stereocenters. The van der Waals surface area contributed by atoms with Gasteiger partial charge in [0.1, 0.15) is 5.75 Å². The van der Waals surface area contributed by atoms with Crippen LogP contribution in [0.3, 0.4) is 0 Å². The molecule has 2 aromatic carbocycles. The Balaban J connectivity index is 1.66. The van der Waals surface area contributed by atoms with E-state index in [4.69, 9.17) is 4.74 Å². The minimum absolute atomic E-state index is 0.488. The summed E-state index contributed by atoms with van der Waals surface area (Å²) in [6, 6.07) is 16.8. The molecule has 7 heteroatoms. The van der Waals surface area contributed by atoms with Gasteiger partial charge in [-0.05, 0) is 62.7 Å². The Hall–Kier alpha value is -3.87. The van der Waals surface area contributed by atoms with Crippen LogP contribution >= 0.6 is 0 Å². The number of aryl methyl sites for hydroxylation is 2. The van der Waals surface area contributed by atoms with Crippen LogP contribution in [0.2, 0.25) is 0 Å². The molecule has 0 unspecified atom stereocenters. The van der Waals surface area contributed by atoms with Crippen LogP contribution in [0.1, 0.15) is 22.5 Å². The third kappa shape index (κ3) is 4.57. The topological polar surface area (TPSA) is 84.7 Å². The highest BCUT2D eigenvalue weighted by molar-refractivity contribution is 6.39. The van der Waals surface area contributed by atoms with Crippen molar-refractivity contribution in [3.8, 4) is 11.4 Å². The maximum Gasteiger partial charge on any atom is 0.329 e. The summed E-state index contributed by atoms with van der Waals surface area (Å²) in [5.41, 5.74) is 7.89. The largest absolute Gasteiger partial charge is 0.497 e. The van der Waals surface area contributed by atoms with E-state index in [0.29, 0.717) is 11.4 Å². The van der Waals surface area contributed by atoms with Crippen molar-refractivity contribution in [3.63, 3.8) is 0 Å². The number of nitrogens with zero attached hydrogens (tertiary/aromatic N) is 2. The number of hydrogen-bond donors (Lipinski definition) is 2. The zero-order valence-electron chi connectivity index (χ0n) is 17.4. The maximum absolute atomic E-state index is 12.0. The predicted octanol–water partition coefficient (Wildman–Crippen LogP) is 3.50. The molecular formula is C23H24N4O3. The normalized spacial score (nSPS) is 10.8. The molecule has 0 aliphatic carbocycles. The molecule has 0 aliphatic heterocycles. The number of amides is 2. The predicted molar refractivity (Wildman–Crippen MR) is 117 cm³/mol. The molecule has 7 nitrogen and oxygen atoms in total. The molecule has 30 heavy (non-hydrogen) atoms. The fraction of sp³-hybridized carbons (Fsp3) is 0.174. The van der Waals surface area contributed by atoms with E-state index in [1.165, 1.54) is 6.21 Å². The Morgan fingerprint density at radius 2 is 1.70 bits per heavy atom. The average molecular weight is 404 g/mol. The smallest absolute Gasteiger partial charge is 0.329 e. The highest BCUT2D eigenvalue weighted by Gasteiger charge is 2.14. The average Bonchev–Trinajstić information content (AvgIpc) is 3.02. The summed E-state index contributed by atoms with van der Waals surface area (Å²) in [4.78, 5) is 24.0. The molecule has 2 N–H and O–H groups in total. The van der Waals surface area contributed by atoms with Crippen LogP contribution in [0.25, 0.3) is 5.69 Å². The van der Waals surface area contributed by atoms with Gasteiger partial charge in [0.05, 0.1) is 13.3 Å². The number of methoxy groups -OCH3 is 1. The Labute approximate surface area is 175 Å². The molecule has 0 saturated heterocycles. The summed E-state index contributed by atoms with van der Waals surface area (Å²) in [6.45, 7) is 6.06. The van der Waals surface area contributed by atoms with Gasteiger partial charge in [-0.3, -0.25) is 9.59 Å². The summed E-state index contributed by atoms with van der Waals surface area (Å²) >= 11 is 0. The van der Waals surface area contributed by atoms with Gasteiger partial charge in [0.2, 0.25) is 0 Å². The maximum atomic E-state index is 12.0. The van der Waals surface area contributed by atoms with E-state index >= 15 is 0 Å². The first-order valence-corrected chi connectivity index (χ1v) is 9.44. The van der Waals surface area contributed by atoms with Crippen LogP contribution in [0, 0.1) is 20.8 Å². The van der Waals surface area contributed by atoms with E-state index in [-0.39, 0.29) is 0 Å². The van der Waals surface area contributed by atoms with Crippen molar-refractivity contribution in [2.24, 2.45) is 5.10 Å². The van der Waals surface area contributed by atoms with E-state index in [9.17, 15) is 9.59 Å². The number of anilines is 1. The van der Waals surface area contributed by atoms with Crippen molar-refractivity contribution in [1.82, 2.24) is 9.99 Å². The van der Waals surface area contributed by atoms with E-state index < -0.39 is 11.8 Å². The van der Waals surface area contributed by atoms with Gasteiger partial charge in [0.15, 0.2) is 0 Å². The Morgan fingerprint density at radius 1 is 1.00 bits per heavy atom. The molecule has 0 fully saturated rings. The lowest BCUT2D eigenvalue weighted by Crippen LogP contribution is -2.32. The van der Waals surface area contributed by atoms with Crippen molar-refractivity contribution in [2.75, 3.05) is 12.4 Å². The third-order valence-electron chi connectivity index (χ3n) is 4.75. The van der Waals surface area contributed by atoms with E-state index in [0.717, 1.165) is 28.2 Å². The number of rotatable bonds is 5. The van der Waals surface area contributed by atoms with Crippen LogP contribution in [-0.2, 0) is 9.59 Å². The number of carbonyl (C=O) groups excluding carboxylic acids is 2. The lowest BCUT2D eigenvalue weighted by atomic mass is 10.2. The second kappa shape index (κ2) is 9.09. The van der Waals surface area contributed by atoms with Gasteiger partial charge in [-0.1, -0.05) is 18.2 Å². The number of aromatic nitrogens is 1. The Morgan fingerprint density at radius 3 is 2.37 bits per heavy atom. The van der Waals surface area contributed by atoms with Crippen molar-refractivity contribution in [2.45, 2.75) is 20.8 Å². The van der Waals surface area contributed by atoms with Crippen LogP contribution in [0.4, 0.5) is 5.69 Å². The van der Waals surface area contributed by atoms with Crippen LogP contribution in [0.5, 0.6) is 5.75 Å². The molecule has 3 aromatic rings. The zero-order valence-corrected chi connectivity index (χ0v) is 17.4. The van der Waals surface area contributed by atoms with E-state index in [2.05, 4.69) is 39.5 Å². The van der Waals surface area contributed by atoms with E-state index in [1.54, 1.807) is 31.4 Å². The first-order valence-electron chi connectivity index (χ1n) is 9.44. The summed E-state index contributed by atoms with van der Waals surface area (Å²) in [6.07, 6.45) is 1.54. The lowest BCUT2D eigenvalue weighted by Gasteiger charge is -2.12. The van der Waals surface area contributed by atoms with Gasteiger partial charge in [-0.15, -0.1) is 0 Å². The summed E-state index contributed by atoms with van der Waals surface area (Å²) < 4.78 is 7.19. The van der Waals surface area contributed by atoms with Gasteiger partial charge in [-0.25, -0.2) is 5.43 Å². The lowest BCUT2D eigenvalue weighted by molar-refractivity contribution is -0.136. The molecule has 1 heterocycles. The molecule has 0 saturated carbocycles. The molecular weight excluding hydrogens is 380 g/mol. The highest BCUT2D eigenvalue weighted by atomic mass is 16.5. The summed E-state index contributed by atoms with van der Waals surface area (Å²) in [7, 11) is 1.55. The zero-order chi connectivity index (χ0) is 21.7. The molecule has 1 aromatic heterocycles. The molecule has 0 radical (unpaired) electrons. The van der Waals surface area contributed by atoms with Crippen molar-refractivity contribution in [1.29, 1.82) is 0 Å². The quantitative estimate of drug-likeness (QED) is 0.388. The highest BCUT2D eigenvalue weighted by Crippen LogP contribution is 2.22. The number of hydrogen-bond acceptors (Lipinski definition) is 4. The molecule has 3 rings (SSSR count). The summed E-state index contributed by atoms with van der Waals surface area (Å²) in [5.74, 6) is -0.997. The van der Waals surface area contributed by atoms with Crippen LogP contribution < -0.4 is 15.5 Å². The second-order valence-corrected chi connectivity index (χ2v) is 6.83. The number of carbonyl (C=O) groups is 2. The fourth-order valence-electron chi connectivity index (χ4n) is 3.18. The van der Waals surface area contributed by atoms with Gasteiger partial charge >= 0.3 is 11.8 Å². The van der Waals surface area contributed by atoms with E-state index in [1.807, 2.05) is 32.0 Å². The van der Waals surface area contributed by atoms with Crippen LogP contribution in [0.15, 0.2) is 59.7 Å². The Kier molecular flexibility index (Phi) is 6.32. The third-order valence-corrected chi connectivity index (χ3v) is 4.75. The monoisotopic (exact) mass is 404 g/mol. The van der Waals surface area contributed by atoms with Crippen molar-refractivity contribution in [3.05, 3.63) is 77.1 Å². The number of nitrogens with one attached hydrogen (secondary N) is 2. The fourth-order valence-corrected chi connectivity index (χ4v) is 3.18. The number of benzene rings is 2. The minimum atomic E-state index is -0.852. The first-order chi connectivity index (χ1) is 14.4. The van der Waals surface area contributed by atoms with Gasteiger partial charge in [-0.2, -0.15) is 5.10 Å². The number of hydrazone groups is 1. The van der Waals surface area contributed by atoms with Crippen molar-refractivity contribution < 1.29 is 14.3 Å². The minimum Gasteiger partial charge on any atom is -0.497 e. The number of ether oxygens (including phenoxy) is 1. The number of para-hydroxylation sites is 1. The van der Waals surface area contributed by atoms with Gasteiger partial charge in [0.25, 0.3) is 0 Å².